The molecule has 1 atom stereocenters. The molecule has 2 aromatic rings. The molecule has 4 heteroatoms. The maximum atomic E-state index is 11.9. The maximum Gasteiger partial charge on any atom is 0.220 e. The second kappa shape index (κ2) is 6.41. The number of amides is 1. The van der Waals surface area contributed by atoms with Gasteiger partial charge in [-0.05, 0) is 28.0 Å². The minimum absolute atomic E-state index is 0.163. The van der Waals surface area contributed by atoms with Gasteiger partial charge in [0.05, 0.1) is 6.04 Å². The third kappa shape index (κ3) is 3.34. The van der Waals surface area contributed by atoms with E-state index in [1.54, 1.807) is 18.3 Å². The molecule has 1 aliphatic rings. The molecule has 3 rings (SSSR count). The molecule has 1 fully saturated rings. The maximum absolute atomic E-state index is 11.9. The summed E-state index contributed by atoms with van der Waals surface area (Å²) in [4.78, 5) is 16.4. The molecule has 1 aromatic heterocycles. The fourth-order valence-electron chi connectivity index (χ4n) is 2.96. The lowest BCUT2D eigenvalue weighted by Crippen LogP contribution is -2.49. The predicted octanol–water partition coefficient (Wildman–Crippen LogP) is 3.15. The first-order valence-corrected chi connectivity index (χ1v) is 8.24. The van der Waals surface area contributed by atoms with Crippen molar-refractivity contribution in [2.24, 2.45) is 0 Å². The molecule has 0 N–H and O–H groups in total. The van der Waals surface area contributed by atoms with Crippen LogP contribution in [0.1, 0.15) is 24.1 Å². The lowest BCUT2D eigenvalue weighted by Gasteiger charge is -2.41. The lowest BCUT2D eigenvalue weighted by molar-refractivity contribution is -0.134. The van der Waals surface area contributed by atoms with Crippen LogP contribution in [-0.4, -0.2) is 35.3 Å². The van der Waals surface area contributed by atoms with E-state index in [4.69, 9.17) is 0 Å². The highest BCUT2D eigenvalue weighted by Gasteiger charge is 2.29. The van der Waals surface area contributed by atoms with Crippen molar-refractivity contribution < 1.29 is 4.79 Å². The Labute approximate surface area is 129 Å². The first kappa shape index (κ1) is 14.3. The fraction of sp³-hybridized carbons (Fsp3) is 0.353. The van der Waals surface area contributed by atoms with Gasteiger partial charge in [0.2, 0.25) is 5.91 Å². The van der Waals surface area contributed by atoms with Crippen molar-refractivity contribution in [3.05, 3.63) is 58.3 Å². The van der Waals surface area contributed by atoms with Crippen LogP contribution in [-0.2, 0) is 11.3 Å². The zero-order valence-corrected chi connectivity index (χ0v) is 13.1. The highest BCUT2D eigenvalue weighted by molar-refractivity contribution is 7.07. The third-order valence-corrected chi connectivity index (χ3v) is 4.77. The van der Waals surface area contributed by atoms with Crippen molar-refractivity contribution in [3.8, 4) is 0 Å². The number of nitrogens with zero attached hydrogens (tertiary/aromatic N) is 2. The van der Waals surface area contributed by atoms with E-state index in [1.165, 1.54) is 11.1 Å². The SMILES string of the molecule is CC(=O)N1CCN(Cc2ccsc2)CC1c1ccccc1. The zero-order chi connectivity index (χ0) is 14.7. The summed E-state index contributed by atoms with van der Waals surface area (Å²) >= 11 is 1.74. The molecule has 0 spiro atoms. The van der Waals surface area contributed by atoms with E-state index in [9.17, 15) is 4.79 Å². The van der Waals surface area contributed by atoms with Gasteiger partial charge < -0.3 is 4.90 Å². The average molecular weight is 300 g/mol. The molecule has 21 heavy (non-hydrogen) atoms. The van der Waals surface area contributed by atoms with Gasteiger partial charge in [0.1, 0.15) is 0 Å². The van der Waals surface area contributed by atoms with Crippen molar-refractivity contribution in [1.82, 2.24) is 9.80 Å². The zero-order valence-electron chi connectivity index (χ0n) is 12.2. The lowest BCUT2D eigenvalue weighted by atomic mass is 10.0. The van der Waals surface area contributed by atoms with E-state index in [2.05, 4.69) is 33.9 Å². The summed E-state index contributed by atoms with van der Waals surface area (Å²) in [6.45, 7) is 5.29. The number of thiophene rings is 1. The van der Waals surface area contributed by atoms with Crippen molar-refractivity contribution in [2.45, 2.75) is 19.5 Å². The van der Waals surface area contributed by atoms with Gasteiger partial charge in [0, 0.05) is 33.1 Å². The van der Waals surface area contributed by atoms with Crippen molar-refractivity contribution in [1.29, 1.82) is 0 Å². The molecule has 1 aromatic carbocycles. The van der Waals surface area contributed by atoms with Crippen molar-refractivity contribution >= 4 is 17.2 Å². The van der Waals surface area contributed by atoms with Gasteiger partial charge in [-0.2, -0.15) is 11.3 Å². The quantitative estimate of drug-likeness (QED) is 0.869. The number of benzene rings is 1. The predicted molar refractivity (Wildman–Crippen MR) is 86.2 cm³/mol. The van der Waals surface area contributed by atoms with Gasteiger partial charge in [-0.25, -0.2) is 0 Å². The van der Waals surface area contributed by atoms with Crippen LogP contribution < -0.4 is 0 Å². The monoisotopic (exact) mass is 300 g/mol. The first-order chi connectivity index (χ1) is 10.2. The Hall–Kier alpha value is -1.65. The molecule has 110 valence electrons. The molecule has 1 saturated heterocycles. The summed E-state index contributed by atoms with van der Waals surface area (Å²) in [5, 5.41) is 4.32. The van der Waals surface area contributed by atoms with E-state index in [0.29, 0.717) is 0 Å². The van der Waals surface area contributed by atoms with Crippen LogP contribution in [0.4, 0.5) is 0 Å². The van der Waals surface area contributed by atoms with Crippen molar-refractivity contribution in [3.63, 3.8) is 0 Å². The van der Waals surface area contributed by atoms with Crippen LogP contribution in [0.5, 0.6) is 0 Å². The van der Waals surface area contributed by atoms with Crippen LogP contribution in [0.3, 0.4) is 0 Å². The van der Waals surface area contributed by atoms with E-state index < -0.39 is 0 Å². The van der Waals surface area contributed by atoms with Crippen LogP contribution in [0.25, 0.3) is 0 Å². The Morgan fingerprint density at radius 3 is 2.71 bits per heavy atom. The first-order valence-electron chi connectivity index (χ1n) is 7.29. The average Bonchev–Trinajstić information content (AvgIpc) is 3.01. The summed E-state index contributed by atoms with van der Waals surface area (Å²) in [5.41, 5.74) is 2.59. The molecule has 3 nitrogen and oxygen atoms in total. The standard InChI is InChI=1S/C17H20N2OS/c1-14(20)19-9-8-18(11-15-7-10-21-13-15)12-17(19)16-5-3-2-4-6-16/h2-7,10,13,17H,8-9,11-12H2,1H3. The highest BCUT2D eigenvalue weighted by Crippen LogP contribution is 2.26. The fourth-order valence-corrected chi connectivity index (χ4v) is 3.62. The molecule has 0 radical (unpaired) electrons. The molecule has 0 saturated carbocycles. The molecule has 1 amide bonds. The number of carbonyl (C=O) groups is 1. The summed E-state index contributed by atoms with van der Waals surface area (Å²) in [5.74, 6) is 0.166. The van der Waals surface area contributed by atoms with E-state index in [0.717, 1.165) is 26.2 Å². The van der Waals surface area contributed by atoms with Crippen LogP contribution in [0, 0.1) is 0 Å². The van der Waals surface area contributed by atoms with Gasteiger partial charge in [-0.3, -0.25) is 9.69 Å². The summed E-state index contributed by atoms with van der Waals surface area (Å²) in [7, 11) is 0. The van der Waals surface area contributed by atoms with Gasteiger partial charge in [-0.15, -0.1) is 0 Å². The van der Waals surface area contributed by atoms with E-state index in [-0.39, 0.29) is 11.9 Å². The Morgan fingerprint density at radius 2 is 2.05 bits per heavy atom. The summed E-state index contributed by atoms with van der Waals surface area (Å²) in [6, 6.07) is 12.7. The molecular formula is C17H20N2OS. The van der Waals surface area contributed by atoms with Gasteiger partial charge >= 0.3 is 0 Å². The summed E-state index contributed by atoms with van der Waals surface area (Å²) < 4.78 is 0. The van der Waals surface area contributed by atoms with Crippen molar-refractivity contribution in [2.75, 3.05) is 19.6 Å². The largest absolute Gasteiger partial charge is 0.333 e. The van der Waals surface area contributed by atoms with E-state index >= 15 is 0 Å². The van der Waals surface area contributed by atoms with Crippen LogP contribution in [0.15, 0.2) is 47.2 Å². The summed E-state index contributed by atoms with van der Waals surface area (Å²) in [6.07, 6.45) is 0. The number of carbonyl (C=O) groups excluding carboxylic acids is 1. The van der Waals surface area contributed by atoms with Gasteiger partial charge in [-0.1, -0.05) is 30.3 Å². The third-order valence-electron chi connectivity index (χ3n) is 4.04. The molecule has 1 aliphatic heterocycles. The number of hydrogen-bond donors (Lipinski definition) is 0. The molecule has 0 bridgehead atoms. The Balaban J connectivity index is 1.77. The second-order valence-corrected chi connectivity index (χ2v) is 6.29. The minimum Gasteiger partial charge on any atom is -0.333 e. The molecule has 1 unspecified atom stereocenters. The molecule has 0 aliphatic carbocycles. The number of rotatable bonds is 3. The van der Waals surface area contributed by atoms with E-state index in [1.807, 2.05) is 23.1 Å². The number of hydrogen-bond acceptors (Lipinski definition) is 3. The van der Waals surface area contributed by atoms with Gasteiger partial charge in [0.15, 0.2) is 0 Å². The smallest absolute Gasteiger partial charge is 0.220 e. The molecule has 2 heterocycles. The molecular weight excluding hydrogens is 280 g/mol. The number of piperazine rings is 1. The van der Waals surface area contributed by atoms with Crippen LogP contribution >= 0.6 is 11.3 Å². The Kier molecular flexibility index (Phi) is 4.36. The normalized spacial score (nSPS) is 19.7. The highest BCUT2D eigenvalue weighted by atomic mass is 32.1. The van der Waals surface area contributed by atoms with Gasteiger partial charge in [0.25, 0.3) is 0 Å². The Bertz CT molecular complexity index is 582. The second-order valence-electron chi connectivity index (χ2n) is 5.51. The Morgan fingerprint density at radius 1 is 1.24 bits per heavy atom. The van der Waals surface area contributed by atoms with Crippen LogP contribution in [0.2, 0.25) is 0 Å². The minimum atomic E-state index is 0.163. The topological polar surface area (TPSA) is 23.6 Å².